The minimum Gasteiger partial charge on any atom is -0.457 e. The third kappa shape index (κ3) is 3.61. The number of aryl methyl sites for hydroxylation is 2. The number of fused-ring (bicyclic) bond motifs is 1. The molecule has 0 saturated heterocycles. The van der Waals surface area contributed by atoms with Crippen molar-refractivity contribution in [2.45, 2.75) is 33.8 Å². The molecule has 0 spiro atoms. The highest BCUT2D eigenvalue weighted by Crippen LogP contribution is 2.23. The van der Waals surface area contributed by atoms with Gasteiger partial charge in [0.05, 0.1) is 11.9 Å². The summed E-state index contributed by atoms with van der Waals surface area (Å²) in [7, 11) is 0. The molecule has 4 aromatic rings. The smallest absolute Gasteiger partial charge is 0.341 e. The number of ether oxygens (including phenoxy) is 1. The maximum atomic E-state index is 12.8. The molecule has 0 radical (unpaired) electrons. The van der Waals surface area contributed by atoms with Crippen molar-refractivity contribution >= 4 is 16.9 Å². The molecular weight excluding hydrogens is 382 g/mol. The number of hydrogen-bond acceptors (Lipinski definition) is 6. The Hall–Kier alpha value is -3.74. The van der Waals surface area contributed by atoms with E-state index in [1.54, 1.807) is 10.9 Å². The number of benzene rings is 1. The van der Waals surface area contributed by atoms with Crippen LogP contribution in [0, 0.1) is 13.8 Å². The number of aromatic nitrogens is 3. The number of pyridine rings is 1. The van der Waals surface area contributed by atoms with Crippen molar-refractivity contribution in [3.63, 3.8) is 0 Å². The summed E-state index contributed by atoms with van der Waals surface area (Å²) < 4.78 is 12.5. The normalized spacial score (nSPS) is 11.0. The number of rotatable bonds is 5. The molecule has 0 bridgehead atoms. The summed E-state index contributed by atoms with van der Waals surface area (Å²) in [5, 5.41) is 5.06. The Labute approximate surface area is 172 Å². The Balaban J connectivity index is 1.63. The molecule has 7 nitrogen and oxygen atoms in total. The number of nitrogens with zero attached hydrogens (tertiary/aromatic N) is 3. The summed E-state index contributed by atoms with van der Waals surface area (Å²) in [6.45, 7) is 5.83. The molecule has 3 heterocycles. The van der Waals surface area contributed by atoms with E-state index in [-0.39, 0.29) is 6.61 Å². The third-order valence-corrected chi connectivity index (χ3v) is 5.09. The molecule has 152 valence electrons. The molecule has 3 aromatic heterocycles. The Morgan fingerprint density at radius 1 is 1.17 bits per heavy atom. The van der Waals surface area contributed by atoms with Crippen LogP contribution in [-0.4, -0.2) is 20.7 Å². The van der Waals surface area contributed by atoms with Gasteiger partial charge in [0, 0.05) is 23.2 Å². The second-order valence-electron chi connectivity index (χ2n) is 7.06. The highest BCUT2D eigenvalue weighted by atomic mass is 16.5. The van der Waals surface area contributed by atoms with E-state index in [9.17, 15) is 9.59 Å². The molecule has 4 rings (SSSR count). The standard InChI is InChI=1S/C23H21N3O4/c1-4-19-18(12-25-26(19)21-7-5-6-8-24-21)23(28)29-13-16-11-22(27)30-20-10-15(3)14(2)9-17(16)20/h5-12H,4,13H2,1-3H3. The molecule has 0 N–H and O–H groups in total. The van der Waals surface area contributed by atoms with Crippen molar-refractivity contribution in [1.29, 1.82) is 0 Å². The summed E-state index contributed by atoms with van der Waals surface area (Å²) in [6.07, 6.45) is 3.74. The fourth-order valence-corrected chi connectivity index (χ4v) is 3.38. The molecule has 0 unspecified atom stereocenters. The van der Waals surface area contributed by atoms with Crippen molar-refractivity contribution < 1.29 is 13.9 Å². The van der Waals surface area contributed by atoms with Gasteiger partial charge in [0.2, 0.25) is 0 Å². The highest BCUT2D eigenvalue weighted by molar-refractivity contribution is 5.91. The summed E-state index contributed by atoms with van der Waals surface area (Å²) in [5.41, 5.74) is 3.78. The van der Waals surface area contributed by atoms with Crippen LogP contribution < -0.4 is 5.63 Å². The van der Waals surface area contributed by atoms with Gasteiger partial charge in [0.15, 0.2) is 5.82 Å². The van der Waals surface area contributed by atoms with Gasteiger partial charge in [-0.2, -0.15) is 5.10 Å². The van der Waals surface area contributed by atoms with Crippen molar-refractivity contribution in [3.05, 3.63) is 87.2 Å². The number of carbonyl (C=O) groups is 1. The number of esters is 1. The van der Waals surface area contributed by atoms with E-state index in [1.165, 1.54) is 12.3 Å². The van der Waals surface area contributed by atoms with Crippen molar-refractivity contribution in [2.75, 3.05) is 0 Å². The van der Waals surface area contributed by atoms with Crippen molar-refractivity contribution in [3.8, 4) is 5.82 Å². The second-order valence-corrected chi connectivity index (χ2v) is 7.06. The maximum Gasteiger partial charge on any atom is 0.341 e. The van der Waals surface area contributed by atoms with E-state index < -0.39 is 11.6 Å². The predicted molar refractivity (Wildman–Crippen MR) is 112 cm³/mol. The minimum absolute atomic E-state index is 0.0403. The summed E-state index contributed by atoms with van der Waals surface area (Å²) in [4.78, 5) is 29.0. The first kappa shape index (κ1) is 19.6. The molecule has 1 aromatic carbocycles. The molecular formula is C23H21N3O4. The van der Waals surface area contributed by atoms with E-state index in [0.717, 1.165) is 16.5 Å². The van der Waals surface area contributed by atoms with Gasteiger partial charge in [0.25, 0.3) is 0 Å². The predicted octanol–water partition coefficient (Wildman–Crippen LogP) is 3.91. The lowest BCUT2D eigenvalue weighted by Gasteiger charge is -2.10. The van der Waals surface area contributed by atoms with Crippen LogP contribution in [0.5, 0.6) is 0 Å². The summed E-state index contributed by atoms with van der Waals surface area (Å²) in [5.74, 6) is 0.130. The van der Waals surface area contributed by atoms with Crippen LogP contribution in [0.25, 0.3) is 16.8 Å². The first-order chi connectivity index (χ1) is 14.5. The molecule has 0 aliphatic rings. The molecule has 0 saturated carbocycles. The molecule has 0 fully saturated rings. The van der Waals surface area contributed by atoms with Crippen molar-refractivity contribution in [2.24, 2.45) is 0 Å². The Bertz CT molecular complexity index is 1290. The lowest BCUT2D eigenvalue weighted by atomic mass is 10.0. The van der Waals surface area contributed by atoms with Crippen LogP contribution in [0.2, 0.25) is 0 Å². The third-order valence-electron chi connectivity index (χ3n) is 5.09. The topological polar surface area (TPSA) is 87.2 Å². The zero-order chi connectivity index (χ0) is 21.3. The van der Waals surface area contributed by atoms with E-state index >= 15 is 0 Å². The van der Waals surface area contributed by atoms with Crippen LogP contribution in [0.3, 0.4) is 0 Å². The first-order valence-corrected chi connectivity index (χ1v) is 9.67. The van der Waals surface area contributed by atoms with E-state index in [1.807, 2.05) is 51.1 Å². The fraction of sp³-hybridized carbons (Fsp3) is 0.217. The molecule has 0 amide bonds. The zero-order valence-electron chi connectivity index (χ0n) is 17.0. The van der Waals surface area contributed by atoms with Gasteiger partial charge >= 0.3 is 11.6 Å². The molecule has 30 heavy (non-hydrogen) atoms. The lowest BCUT2D eigenvalue weighted by molar-refractivity contribution is 0.0472. The lowest BCUT2D eigenvalue weighted by Crippen LogP contribution is -2.11. The van der Waals surface area contributed by atoms with E-state index in [4.69, 9.17) is 9.15 Å². The summed E-state index contributed by atoms with van der Waals surface area (Å²) in [6, 6.07) is 10.6. The van der Waals surface area contributed by atoms with Crippen LogP contribution in [-0.2, 0) is 17.8 Å². The highest BCUT2D eigenvalue weighted by Gasteiger charge is 2.19. The fourth-order valence-electron chi connectivity index (χ4n) is 3.38. The van der Waals surface area contributed by atoms with Gasteiger partial charge in [0.1, 0.15) is 17.8 Å². The average Bonchev–Trinajstić information content (AvgIpc) is 3.18. The van der Waals surface area contributed by atoms with Crippen LogP contribution in [0.1, 0.15) is 39.7 Å². The van der Waals surface area contributed by atoms with Gasteiger partial charge < -0.3 is 9.15 Å². The minimum atomic E-state index is -0.501. The van der Waals surface area contributed by atoms with E-state index in [2.05, 4.69) is 10.1 Å². The number of carbonyl (C=O) groups excluding carboxylic acids is 1. The SMILES string of the molecule is CCc1c(C(=O)OCc2cc(=O)oc3cc(C)c(C)cc23)cnn1-c1ccccn1. The molecule has 0 atom stereocenters. The molecule has 7 heteroatoms. The Morgan fingerprint density at radius 3 is 2.70 bits per heavy atom. The largest absolute Gasteiger partial charge is 0.457 e. The monoisotopic (exact) mass is 403 g/mol. The van der Waals surface area contributed by atoms with Gasteiger partial charge in [-0.1, -0.05) is 13.0 Å². The van der Waals surface area contributed by atoms with Crippen LogP contribution >= 0.6 is 0 Å². The maximum absolute atomic E-state index is 12.8. The second kappa shape index (κ2) is 7.94. The van der Waals surface area contributed by atoms with Crippen molar-refractivity contribution in [1.82, 2.24) is 14.8 Å². The van der Waals surface area contributed by atoms with E-state index in [0.29, 0.717) is 34.6 Å². The van der Waals surface area contributed by atoms with Gasteiger partial charge in [-0.05, 0) is 55.7 Å². The van der Waals surface area contributed by atoms with Gasteiger partial charge in [-0.3, -0.25) is 0 Å². The van der Waals surface area contributed by atoms with Crippen LogP contribution in [0.4, 0.5) is 0 Å². The zero-order valence-corrected chi connectivity index (χ0v) is 17.0. The quantitative estimate of drug-likeness (QED) is 0.371. The molecule has 0 aliphatic heterocycles. The Morgan fingerprint density at radius 2 is 1.97 bits per heavy atom. The van der Waals surface area contributed by atoms with Crippen LogP contribution in [0.15, 0.2) is 58.0 Å². The molecule has 0 aliphatic carbocycles. The van der Waals surface area contributed by atoms with Gasteiger partial charge in [-0.15, -0.1) is 0 Å². The summed E-state index contributed by atoms with van der Waals surface area (Å²) >= 11 is 0. The Kier molecular flexibility index (Phi) is 5.18. The van der Waals surface area contributed by atoms with Gasteiger partial charge in [-0.25, -0.2) is 19.3 Å². The average molecular weight is 403 g/mol. The first-order valence-electron chi connectivity index (χ1n) is 9.67. The number of hydrogen-bond donors (Lipinski definition) is 0.